The van der Waals surface area contributed by atoms with Crippen molar-refractivity contribution in [2.75, 3.05) is 10.6 Å². The first-order chi connectivity index (χ1) is 11.3. The van der Waals surface area contributed by atoms with E-state index in [1.165, 1.54) is 18.7 Å². The van der Waals surface area contributed by atoms with Crippen LogP contribution in [0.4, 0.5) is 11.4 Å². The molecule has 0 aliphatic carbocycles. The van der Waals surface area contributed by atoms with Crippen molar-refractivity contribution in [1.29, 1.82) is 0 Å². The zero-order valence-electron chi connectivity index (χ0n) is 14.3. The summed E-state index contributed by atoms with van der Waals surface area (Å²) in [5.74, 6) is -0.160. The Labute approximate surface area is 147 Å². The average Bonchev–Trinajstić information content (AvgIpc) is 2.45. The van der Waals surface area contributed by atoms with Crippen LogP contribution in [0.1, 0.15) is 25.0 Å². The Bertz CT molecular complexity index is 739. The molecule has 0 bridgehead atoms. The van der Waals surface area contributed by atoms with Gasteiger partial charge >= 0.3 is 0 Å². The van der Waals surface area contributed by atoms with E-state index < -0.39 is 0 Å². The number of hydrogen-bond acceptors (Lipinski definition) is 3. The van der Waals surface area contributed by atoms with Gasteiger partial charge in [0.25, 0.3) is 0 Å². The van der Waals surface area contributed by atoms with Crippen molar-refractivity contribution in [2.24, 2.45) is 0 Å². The maximum absolute atomic E-state index is 12.4. The number of thioether (sulfide) groups is 1. The lowest BCUT2D eigenvalue weighted by molar-refractivity contribution is -0.115. The number of amides is 2. The molecule has 0 spiro atoms. The van der Waals surface area contributed by atoms with E-state index in [9.17, 15) is 9.59 Å². The molecular weight excluding hydrogens is 320 g/mol. The third-order valence-electron chi connectivity index (χ3n) is 3.33. The summed E-state index contributed by atoms with van der Waals surface area (Å²) >= 11 is 1.46. The number of carbonyl (C=O) groups is 2. The minimum atomic E-state index is -0.251. The van der Waals surface area contributed by atoms with E-state index in [4.69, 9.17) is 0 Å². The minimum absolute atomic E-state index is 0.0464. The van der Waals surface area contributed by atoms with Crippen molar-refractivity contribution in [1.82, 2.24) is 0 Å². The highest BCUT2D eigenvalue weighted by Gasteiger charge is 2.15. The van der Waals surface area contributed by atoms with Crippen LogP contribution < -0.4 is 10.6 Å². The Morgan fingerprint density at radius 2 is 1.62 bits per heavy atom. The van der Waals surface area contributed by atoms with Gasteiger partial charge in [-0.15, -0.1) is 11.8 Å². The fourth-order valence-corrected chi connectivity index (χ4v) is 3.33. The van der Waals surface area contributed by atoms with E-state index in [0.29, 0.717) is 0 Å². The second kappa shape index (κ2) is 8.02. The topological polar surface area (TPSA) is 58.2 Å². The van der Waals surface area contributed by atoms with Crippen molar-refractivity contribution in [3.8, 4) is 0 Å². The first-order valence-corrected chi connectivity index (χ1v) is 8.65. The summed E-state index contributed by atoms with van der Waals surface area (Å²) in [6, 6.07) is 13.5. The van der Waals surface area contributed by atoms with Gasteiger partial charge in [0.05, 0.1) is 5.25 Å². The van der Waals surface area contributed by atoms with Crippen LogP contribution in [0.3, 0.4) is 0 Å². The van der Waals surface area contributed by atoms with Gasteiger partial charge in [0.2, 0.25) is 11.8 Å². The van der Waals surface area contributed by atoms with Crippen LogP contribution in [0, 0.1) is 13.8 Å². The summed E-state index contributed by atoms with van der Waals surface area (Å²) < 4.78 is 0. The summed E-state index contributed by atoms with van der Waals surface area (Å²) in [6.07, 6.45) is 0. The molecule has 2 rings (SSSR count). The third-order valence-corrected chi connectivity index (χ3v) is 4.42. The second-order valence-electron chi connectivity index (χ2n) is 5.83. The van der Waals surface area contributed by atoms with Gasteiger partial charge in [-0.3, -0.25) is 9.59 Å². The van der Waals surface area contributed by atoms with E-state index in [-0.39, 0.29) is 17.1 Å². The Morgan fingerprint density at radius 1 is 0.958 bits per heavy atom. The Balaban J connectivity index is 2.02. The van der Waals surface area contributed by atoms with Crippen LogP contribution in [0.25, 0.3) is 0 Å². The quantitative estimate of drug-likeness (QED) is 0.793. The molecule has 126 valence electrons. The highest BCUT2D eigenvalue weighted by atomic mass is 32.2. The van der Waals surface area contributed by atoms with Gasteiger partial charge in [-0.2, -0.15) is 0 Å². The largest absolute Gasteiger partial charge is 0.326 e. The number of nitrogens with one attached hydrogen (secondary N) is 2. The van der Waals surface area contributed by atoms with Crippen LogP contribution in [0.5, 0.6) is 0 Å². The van der Waals surface area contributed by atoms with E-state index in [1.54, 1.807) is 0 Å². The monoisotopic (exact) mass is 342 g/mol. The molecule has 1 unspecified atom stereocenters. The first-order valence-electron chi connectivity index (χ1n) is 7.77. The molecule has 0 aliphatic rings. The van der Waals surface area contributed by atoms with Crippen LogP contribution in [-0.4, -0.2) is 17.1 Å². The number of benzene rings is 2. The Kier molecular flexibility index (Phi) is 6.04. The van der Waals surface area contributed by atoms with Crippen molar-refractivity contribution < 1.29 is 9.59 Å². The van der Waals surface area contributed by atoms with Crippen LogP contribution in [0.15, 0.2) is 47.4 Å². The molecule has 2 aromatic rings. The SMILES string of the molecule is CC(=O)Nc1cccc(SC(C)C(=O)Nc2cc(C)cc(C)c2)c1. The molecule has 0 saturated carbocycles. The molecule has 0 radical (unpaired) electrons. The van der Waals surface area contributed by atoms with E-state index in [2.05, 4.69) is 16.7 Å². The lowest BCUT2D eigenvalue weighted by atomic mass is 10.1. The summed E-state index contributed by atoms with van der Waals surface area (Å²) in [5, 5.41) is 5.46. The molecule has 24 heavy (non-hydrogen) atoms. The third kappa shape index (κ3) is 5.42. The van der Waals surface area contributed by atoms with Crippen LogP contribution in [-0.2, 0) is 9.59 Å². The van der Waals surface area contributed by atoms with Crippen molar-refractivity contribution in [2.45, 2.75) is 37.8 Å². The summed E-state index contributed by atoms with van der Waals surface area (Å²) in [7, 11) is 0. The number of carbonyl (C=O) groups excluding carboxylic acids is 2. The zero-order valence-corrected chi connectivity index (χ0v) is 15.2. The lowest BCUT2D eigenvalue weighted by Crippen LogP contribution is -2.22. The standard InChI is InChI=1S/C19H22N2O2S/c1-12-8-13(2)10-17(9-12)21-19(23)14(3)24-18-7-5-6-16(11-18)20-15(4)22/h5-11,14H,1-4H3,(H,20,22)(H,21,23). The second-order valence-corrected chi connectivity index (χ2v) is 7.25. The molecule has 2 N–H and O–H groups in total. The molecular formula is C19H22N2O2S. The zero-order chi connectivity index (χ0) is 17.7. The number of anilines is 2. The van der Waals surface area contributed by atoms with Crippen LogP contribution >= 0.6 is 11.8 Å². The molecule has 2 aromatic carbocycles. The minimum Gasteiger partial charge on any atom is -0.326 e. The molecule has 2 amide bonds. The van der Waals surface area contributed by atoms with Gasteiger partial charge < -0.3 is 10.6 Å². The number of hydrogen-bond donors (Lipinski definition) is 2. The number of rotatable bonds is 5. The average molecular weight is 342 g/mol. The molecule has 0 fully saturated rings. The Hall–Kier alpha value is -2.27. The molecule has 0 saturated heterocycles. The fourth-order valence-electron chi connectivity index (χ4n) is 2.40. The Morgan fingerprint density at radius 3 is 2.25 bits per heavy atom. The molecule has 0 aliphatic heterocycles. The molecule has 5 heteroatoms. The van der Waals surface area contributed by atoms with Gasteiger partial charge in [-0.05, 0) is 62.2 Å². The molecule has 1 atom stereocenters. The highest BCUT2D eigenvalue weighted by molar-refractivity contribution is 8.00. The summed E-state index contributed by atoms with van der Waals surface area (Å²) in [6.45, 7) is 7.36. The smallest absolute Gasteiger partial charge is 0.237 e. The van der Waals surface area contributed by atoms with Gasteiger partial charge in [-0.1, -0.05) is 12.1 Å². The first kappa shape index (κ1) is 18.1. The van der Waals surface area contributed by atoms with Gasteiger partial charge in [0.1, 0.15) is 0 Å². The molecule has 0 aromatic heterocycles. The van der Waals surface area contributed by atoms with Crippen molar-refractivity contribution in [3.63, 3.8) is 0 Å². The van der Waals surface area contributed by atoms with Crippen molar-refractivity contribution in [3.05, 3.63) is 53.6 Å². The van der Waals surface area contributed by atoms with Gasteiger partial charge in [0, 0.05) is 23.2 Å². The van der Waals surface area contributed by atoms with Gasteiger partial charge in [-0.25, -0.2) is 0 Å². The van der Waals surface area contributed by atoms with Crippen LogP contribution in [0.2, 0.25) is 0 Å². The maximum atomic E-state index is 12.4. The summed E-state index contributed by atoms with van der Waals surface area (Å²) in [5.41, 5.74) is 3.79. The van der Waals surface area contributed by atoms with Gasteiger partial charge in [0.15, 0.2) is 0 Å². The maximum Gasteiger partial charge on any atom is 0.237 e. The van der Waals surface area contributed by atoms with E-state index >= 15 is 0 Å². The molecule has 4 nitrogen and oxygen atoms in total. The van der Waals surface area contributed by atoms with E-state index in [1.807, 2.05) is 57.2 Å². The normalized spacial score (nSPS) is 11.7. The summed E-state index contributed by atoms with van der Waals surface area (Å²) in [4.78, 5) is 24.5. The predicted molar refractivity (Wildman–Crippen MR) is 101 cm³/mol. The lowest BCUT2D eigenvalue weighted by Gasteiger charge is -2.13. The van der Waals surface area contributed by atoms with E-state index in [0.717, 1.165) is 27.4 Å². The highest BCUT2D eigenvalue weighted by Crippen LogP contribution is 2.27. The predicted octanol–water partition coefficient (Wildman–Crippen LogP) is 4.38. The number of aryl methyl sites for hydroxylation is 2. The fraction of sp³-hybridized carbons (Fsp3) is 0.263. The molecule has 0 heterocycles. The van der Waals surface area contributed by atoms with Crippen molar-refractivity contribution >= 4 is 35.0 Å².